The lowest BCUT2D eigenvalue weighted by Gasteiger charge is -2.40. The van der Waals surface area contributed by atoms with Crippen LogP contribution in [0, 0.1) is 5.92 Å². The largest absolute Gasteiger partial charge is 0.409 e. The molecular formula is C13H24N4O2. The Morgan fingerprint density at radius 2 is 2.11 bits per heavy atom. The number of amides is 1. The van der Waals surface area contributed by atoms with Crippen molar-refractivity contribution in [1.29, 1.82) is 0 Å². The second-order valence-corrected chi connectivity index (χ2v) is 5.92. The quantitative estimate of drug-likeness (QED) is 0.300. The Hall–Kier alpha value is -1.30. The van der Waals surface area contributed by atoms with Crippen molar-refractivity contribution in [2.45, 2.75) is 44.1 Å². The molecule has 108 valence electrons. The van der Waals surface area contributed by atoms with Crippen LogP contribution < -0.4 is 11.1 Å². The third kappa shape index (κ3) is 3.18. The van der Waals surface area contributed by atoms with Gasteiger partial charge < -0.3 is 21.2 Å². The fraction of sp³-hybridized carbons (Fsp3) is 0.846. The van der Waals surface area contributed by atoms with Crippen molar-refractivity contribution in [2.24, 2.45) is 16.8 Å². The molecular weight excluding hydrogens is 244 g/mol. The summed E-state index contributed by atoms with van der Waals surface area (Å²) in [6.07, 6.45) is 5.47. The van der Waals surface area contributed by atoms with Crippen molar-refractivity contribution in [3.63, 3.8) is 0 Å². The number of hydrogen-bond acceptors (Lipinski definition) is 4. The minimum absolute atomic E-state index is 0.0286. The van der Waals surface area contributed by atoms with Gasteiger partial charge in [-0.25, -0.2) is 0 Å². The molecule has 0 unspecified atom stereocenters. The Balaban J connectivity index is 1.99. The van der Waals surface area contributed by atoms with Crippen LogP contribution in [0.5, 0.6) is 0 Å². The molecule has 1 aliphatic heterocycles. The van der Waals surface area contributed by atoms with Gasteiger partial charge in [0.2, 0.25) is 5.91 Å². The number of likely N-dealkylation sites (tertiary alicyclic amines) is 1. The molecule has 0 spiro atoms. The van der Waals surface area contributed by atoms with Crippen molar-refractivity contribution in [2.75, 3.05) is 20.1 Å². The van der Waals surface area contributed by atoms with Crippen LogP contribution in [-0.4, -0.2) is 47.5 Å². The highest BCUT2D eigenvalue weighted by molar-refractivity contribution is 5.94. The lowest BCUT2D eigenvalue weighted by Crippen LogP contribution is -2.62. The number of oxime groups is 1. The highest BCUT2D eigenvalue weighted by Gasteiger charge is 2.39. The molecule has 0 aromatic rings. The monoisotopic (exact) mass is 268 g/mol. The number of nitrogens with two attached hydrogens (primary N) is 1. The van der Waals surface area contributed by atoms with Gasteiger partial charge in [-0.3, -0.25) is 4.79 Å². The third-order valence-electron chi connectivity index (χ3n) is 4.52. The van der Waals surface area contributed by atoms with E-state index in [4.69, 9.17) is 10.9 Å². The number of carbonyl (C=O) groups excluding carboxylic acids is 1. The standard InChI is InChI=1S/C13H24N4O2/c1-17-7-5-13(6-8-17,12(14)16-19)15-11(18)9-10-3-2-4-10/h10,19H,2-9H2,1H3,(H2,14,16)(H,15,18). The van der Waals surface area contributed by atoms with Gasteiger partial charge in [0, 0.05) is 19.5 Å². The van der Waals surface area contributed by atoms with Crippen LogP contribution in [0.2, 0.25) is 0 Å². The average Bonchev–Trinajstić information content (AvgIpc) is 2.36. The van der Waals surface area contributed by atoms with E-state index in [1.807, 2.05) is 7.05 Å². The molecule has 1 saturated carbocycles. The first-order valence-corrected chi connectivity index (χ1v) is 7.03. The van der Waals surface area contributed by atoms with Crippen LogP contribution in [0.1, 0.15) is 38.5 Å². The zero-order chi connectivity index (χ0) is 13.9. The Bertz CT molecular complexity index is 358. The lowest BCUT2D eigenvalue weighted by molar-refractivity contribution is -0.124. The fourth-order valence-electron chi connectivity index (χ4n) is 2.82. The van der Waals surface area contributed by atoms with Gasteiger partial charge in [-0.05, 0) is 38.6 Å². The first-order chi connectivity index (χ1) is 9.05. The first kappa shape index (κ1) is 14.1. The van der Waals surface area contributed by atoms with Crippen LogP contribution in [-0.2, 0) is 4.79 Å². The summed E-state index contributed by atoms with van der Waals surface area (Å²) in [7, 11) is 2.03. The van der Waals surface area contributed by atoms with Crippen LogP contribution in [0.25, 0.3) is 0 Å². The number of nitrogens with zero attached hydrogens (tertiary/aromatic N) is 2. The summed E-state index contributed by atoms with van der Waals surface area (Å²) in [4.78, 5) is 14.3. The highest BCUT2D eigenvalue weighted by atomic mass is 16.4. The van der Waals surface area contributed by atoms with E-state index in [1.54, 1.807) is 0 Å². The van der Waals surface area contributed by atoms with E-state index >= 15 is 0 Å². The molecule has 6 heteroatoms. The van der Waals surface area contributed by atoms with Gasteiger partial charge >= 0.3 is 0 Å². The smallest absolute Gasteiger partial charge is 0.221 e. The molecule has 0 atom stereocenters. The molecule has 19 heavy (non-hydrogen) atoms. The molecule has 2 aliphatic rings. The summed E-state index contributed by atoms with van der Waals surface area (Å²) < 4.78 is 0. The second-order valence-electron chi connectivity index (χ2n) is 5.92. The normalized spacial score (nSPS) is 24.8. The Kier molecular flexibility index (Phi) is 4.29. The summed E-state index contributed by atoms with van der Waals surface area (Å²) in [5, 5.41) is 15.1. The molecule has 4 N–H and O–H groups in total. The van der Waals surface area contributed by atoms with Crippen LogP contribution in [0.15, 0.2) is 5.16 Å². The van der Waals surface area contributed by atoms with Crippen molar-refractivity contribution < 1.29 is 10.0 Å². The van der Waals surface area contributed by atoms with E-state index in [1.165, 1.54) is 6.42 Å². The zero-order valence-corrected chi connectivity index (χ0v) is 11.6. The maximum absolute atomic E-state index is 12.1. The fourth-order valence-corrected chi connectivity index (χ4v) is 2.82. The van der Waals surface area contributed by atoms with Crippen LogP contribution in [0.4, 0.5) is 0 Å². The van der Waals surface area contributed by atoms with Crippen LogP contribution >= 0.6 is 0 Å². The third-order valence-corrected chi connectivity index (χ3v) is 4.52. The molecule has 1 heterocycles. The van der Waals surface area contributed by atoms with E-state index in [9.17, 15) is 4.79 Å². The molecule has 0 aromatic carbocycles. The SMILES string of the molecule is CN1CCC(NC(=O)CC2CCC2)(C(N)=NO)CC1. The Morgan fingerprint density at radius 3 is 2.58 bits per heavy atom. The molecule has 1 saturated heterocycles. The van der Waals surface area contributed by atoms with Gasteiger partial charge in [0.05, 0.1) is 0 Å². The van der Waals surface area contributed by atoms with Gasteiger partial charge in [-0.2, -0.15) is 0 Å². The Morgan fingerprint density at radius 1 is 1.47 bits per heavy atom. The van der Waals surface area contributed by atoms with Gasteiger partial charge in [-0.15, -0.1) is 0 Å². The van der Waals surface area contributed by atoms with Crippen LogP contribution in [0.3, 0.4) is 0 Å². The average molecular weight is 268 g/mol. The van der Waals surface area contributed by atoms with Crippen molar-refractivity contribution in [1.82, 2.24) is 10.2 Å². The summed E-state index contributed by atoms with van der Waals surface area (Å²) in [5.41, 5.74) is 5.16. The molecule has 6 nitrogen and oxygen atoms in total. The summed E-state index contributed by atoms with van der Waals surface area (Å²) in [6.45, 7) is 1.67. The molecule has 0 radical (unpaired) electrons. The number of rotatable bonds is 4. The second kappa shape index (κ2) is 5.77. The van der Waals surface area contributed by atoms with Gasteiger partial charge in [-0.1, -0.05) is 11.6 Å². The van der Waals surface area contributed by atoms with E-state index in [0.717, 1.165) is 25.9 Å². The number of nitrogens with one attached hydrogen (secondary N) is 1. The van der Waals surface area contributed by atoms with Crippen molar-refractivity contribution >= 4 is 11.7 Å². The molecule has 1 amide bonds. The molecule has 2 rings (SSSR count). The topological polar surface area (TPSA) is 91.0 Å². The summed E-state index contributed by atoms with van der Waals surface area (Å²) in [5.74, 6) is 0.680. The molecule has 2 fully saturated rings. The molecule has 1 aliphatic carbocycles. The highest BCUT2D eigenvalue weighted by Crippen LogP contribution is 2.30. The van der Waals surface area contributed by atoms with Gasteiger partial charge in [0.25, 0.3) is 0 Å². The van der Waals surface area contributed by atoms with E-state index < -0.39 is 5.54 Å². The number of piperidine rings is 1. The number of carbonyl (C=O) groups is 1. The molecule has 0 bridgehead atoms. The molecule has 0 aromatic heterocycles. The lowest BCUT2D eigenvalue weighted by atomic mass is 9.81. The summed E-state index contributed by atoms with van der Waals surface area (Å²) in [6, 6.07) is 0. The Labute approximate surface area is 114 Å². The van der Waals surface area contributed by atoms with E-state index in [-0.39, 0.29) is 11.7 Å². The summed E-state index contributed by atoms with van der Waals surface area (Å²) >= 11 is 0. The van der Waals surface area contributed by atoms with Gasteiger partial charge in [0.1, 0.15) is 5.54 Å². The van der Waals surface area contributed by atoms with E-state index in [0.29, 0.717) is 25.2 Å². The minimum Gasteiger partial charge on any atom is -0.409 e. The predicted molar refractivity (Wildman–Crippen MR) is 73.0 cm³/mol. The van der Waals surface area contributed by atoms with Crippen molar-refractivity contribution in [3.05, 3.63) is 0 Å². The maximum atomic E-state index is 12.1. The van der Waals surface area contributed by atoms with Crippen molar-refractivity contribution in [3.8, 4) is 0 Å². The maximum Gasteiger partial charge on any atom is 0.221 e. The number of hydrogen-bond donors (Lipinski definition) is 3. The minimum atomic E-state index is -0.665. The van der Waals surface area contributed by atoms with E-state index in [2.05, 4.69) is 15.4 Å². The number of amidine groups is 1. The zero-order valence-electron chi connectivity index (χ0n) is 11.6. The first-order valence-electron chi connectivity index (χ1n) is 7.03. The van der Waals surface area contributed by atoms with Gasteiger partial charge in [0.15, 0.2) is 5.84 Å². The predicted octanol–water partition coefficient (Wildman–Crippen LogP) is 0.504.